The zero-order chi connectivity index (χ0) is 23.4. The summed E-state index contributed by atoms with van der Waals surface area (Å²) in [5, 5.41) is 11.9. The molecule has 4 heterocycles. The number of aryl methyl sites for hydroxylation is 1. The first kappa shape index (κ1) is 23.0. The molecule has 0 bridgehead atoms. The van der Waals surface area contributed by atoms with Gasteiger partial charge in [-0.1, -0.05) is 6.07 Å². The number of fused-ring (bicyclic) bond motifs is 1. The van der Waals surface area contributed by atoms with Crippen LogP contribution in [0.4, 0.5) is 5.69 Å². The van der Waals surface area contributed by atoms with Crippen molar-refractivity contribution < 1.29 is 14.3 Å². The van der Waals surface area contributed by atoms with Gasteiger partial charge in [0.25, 0.3) is 5.91 Å². The molecule has 3 aromatic rings. The van der Waals surface area contributed by atoms with Gasteiger partial charge in [-0.15, -0.1) is 0 Å². The van der Waals surface area contributed by atoms with Gasteiger partial charge in [-0.05, 0) is 46.6 Å². The Morgan fingerprint density at radius 2 is 2.03 bits per heavy atom. The minimum atomic E-state index is -0.387. The van der Waals surface area contributed by atoms with E-state index < -0.39 is 0 Å². The van der Waals surface area contributed by atoms with Crippen LogP contribution in [0.3, 0.4) is 0 Å². The number of amides is 1. The van der Waals surface area contributed by atoms with Gasteiger partial charge in [-0.3, -0.25) is 4.79 Å². The molecule has 1 saturated heterocycles. The van der Waals surface area contributed by atoms with E-state index in [2.05, 4.69) is 25.7 Å². The minimum Gasteiger partial charge on any atom is -0.472 e. The topological polar surface area (TPSA) is 103 Å². The molecule has 0 atom stereocenters. The normalized spacial score (nSPS) is 14.9. The quantitative estimate of drug-likeness (QED) is 0.565. The Hall–Kier alpha value is -3.20. The number of nitrogens with zero attached hydrogens (tertiary/aromatic N) is 4. The lowest BCUT2D eigenvalue weighted by Crippen LogP contribution is -2.30. The van der Waals surface area contributed by atoms with Crippen molar-refractivity contribution in [3.05, 3.63) is 41.9 Å². The summed E-state index contributed by atoms with van der Waals surface area (Å²) < 4.78 is 13.3. The Morgan fingerprint density at radius 3 is 2.76 bits per heavy atom. The van der Waals surface area contributed by atoms with Crippen molar-refractivity contribution in [1.82, 2.24) is 25.1 Å². The van der Waals surface area contributed by atoms with E-state index in [1.54, 1.807) is 18.6 Å². The number of aromatic nitrogens is 4. The summed E-state index contributed by atoms with van der Waals surface area (Å²) in [6.07, 6.45) is 6.86. The number of hydrogen-bond donors (Lipinski definition) is 2. The molecule has 4 rings (SSSR count). The van der Waals surface area contributed by atoms with Crippen molar-refractivity contribution in [2.45, 2.75) is 65.3 Å². The van der Waals surface area contributed by atoms with Crippen LogP contribution in [0.25, 0.3) is 11.0 Å². The number of ether oxygens (including phenoxy) is 2. The SMILES string of the molecule is CCn1ncc2c(NC3CCOCC3)c(C(=O)NCc3cccnc3OC(C)(C)C)cnc21. The Bertz CT molecular complexity index is 1120. The van der Waals surface area contributed by atoms with Crippen LogP contribution in [-0.4, -0.2) is 50.5 Å². The van der Waals surface area contributed by atoms with E-state index in [4.69, 9.17) is 9.47 Å². The van der Waals surface area contributed by atoms with Crippen molar-refractivity contribution in [2.24, 2.45) is 0 Å². The lowest BCUT2D eigenvalue weighted by molar-refractivity contribution is 0.0904. The van der Waals surface area contributed by atoms with Crippen LogP contribution in [-0.2, 0) is 17.8 Å². The molecule has 9 heteroatoms. The Morgan fingerprint density at radius 1 is 1.24 bits per heavy atom. The van der Waals surface area contributed by atoms with Gasteiger partial charge in [0, 0.05) is 50.3 Å². The maximum atomic E-state index is 13.3. The first-order valence-corrected chi connectivity index (χ1v) is 11.5. The Balaban J connectivity index is 1.60. The largest absolute Gasteiger partial charge is 0.472 e. The molecule has 176 valence electrons. The van der Waals surface area contributed by atoms with Crippen LogP contribution in [0.15, 0.2) is 30.7 Å². The molecule has 0 unspecified atom stereocenters. The highest BCUT2D eigenvalue weighted by Crippen LogP contribution is 2.28. The van der Waals surface area contributed by atoms with Crippen LogP contribution < -0.4 is 15.4 Å². The molecule has 1 fully saturated rings. The van der Waals surface area contributed by atoms with Gasteiger partial charge in [-0.2, -0.15) is 5.10 Å². The van der Waals surface area contributed by atoms with E-state index in [9.17, 15) is 4.79 Å². The highest BCUT2D eigenvalue weighted by atomic mass is 16.5. The number of carbonyl (C=O) groups excluding carboxylic acids is 1. The van der Waals surface area contributed by atoms with Crippen molar-refractivity contribution in [3.63, 3.8) is 0 Å². The third-order valence-corrected chi connectivity index (χ3v) is 5.47. The number of carbonyl (C=O) groups is 1. The third kappa shape index (κ3) is 5.42. The third-order valence-electron chi connectivity index (χ3n) is 5.47. The summed E-state index contributed by atoms with van der Waals surface area (Å²) in [7, 11) is 0. The maximum Gasteiger partial charge on any atom is 0.255 e. The maximum absolute atomic E-state index is 13.3. The minimum absolute atomic E-state index is 0.214. The molecule has 9 nitrogen and oxygen atoms in total. The Kier molecular flexibility index (Phi) is 6.78. The molecule has 33 heavy (non-hydrogen) atoms. The number of rotatable bonds is 7. The number of anilines is 1. The van der Waals surface area contributed by atoms with E-state index >= 15 is 0 Å². The molecule has 1 amide bonds. The molecule has 0 saturated carbocycles. The van der Waals surface area contributed by atoms with Gasteiger partial charge in [0.15, 0.2) is 5.65 Å². The molecule has 0 aliphatic carbocycles. The zero-order valence-electron chi connectivity index (χ0n) is 19.7. The van der Waals surface area contributed by atoms with Crippen LogP contribution >= 0.6 is 0 Å². The molecular formula is C24H32N6O3. The van der Waals surface area contributed by atoms with Crippen LogP contribution in [0, 0.1) is 0 Å². The fraction of sp³-hybridized carbons (Fsp3) is 0.500. The average Bonchev–Trinajstić information content (AvgIpc) is 3.22. The van der Waals surface area contributed by atoms with Crippen molar-refractivity contribution in [3.8, 4) is 5.88 Å². The predicted molar refractivity (Wildman–Crippen MR) is 126 cm³/mol. The first-order valence-electron chi connectivity index (χ1n) is 11.5. The van der Waals surface area contributed by atoms with Crippen molar-refractivity contribution in [1.29, 1.82) is 0 Å². The van der Waals surface area contributed by atoms with Gasteiger partial charge in [-0.25, -0.2) is 14.6 Å². The van der Waals surface area contributed by atoms with E-state index in [-0.39, 0.29) is 17.6 Å². The number of hydrogen-bond acceptors (Lipinski definition) is 7. The summed E-state index contributed by atoms with van der Waals surface area (Å²) in [4.78, 5) is 22.2. The van der Waals surface area contributed by atoms with Gasteiger partial charge in [0.05, 0.1) is 22.8 Å². The summed E-state index contributed by atoms with van der Waals surface area (Å²) in [6, 6.07) is 3.97. The van der Waals surface area contributed by atoms with Gasteiger partial charge in [0.1, 0.15) is 5.60 Å². The van der Waals surface area contributed by atoms with E-state index in [1.807, 2.05) is 44.5 Å². The van der Waals surface area contributed by atoms with Gasteiger partial charge in [0.2, 0.25) is 5.88 Å². The molecule has 0 spiro atoms. The fourth-order valence-electron chi connectivity index (χ4n) is 3.84. The number of nitrogens with one attached hydrogen (secondary N) is 2. The van der Waals surface area contributed by atoms with E-state index in [0.717, 1.165) is 35.1 Å². The van der Waals surface area contributed by atoms with Crippen LogP contribution in [0.1, 0.15) is 56.5 Å². The van der Waals surface area contributed by atoms with Gasteiger partial charge < -0.3 is 20.1 Å². The molecule has 1 aliphatic rings. The lowest BCUT2D eigenvalue weighted by Gasteiger charge is -2.25. The molecule has 3 aromatic heterocycles. The summed E-state index contributed by atoms with van der Waals surface area (Å²) >= 11 is 0. The first-order chi connectivity index (χ1) is 15.9. The molecule has 0 radical (unpaired) electrons. The molecule has 0 aromatic carbocycles. The smallest absolute Gasteiger partial charge is 0.255 e. The monoisotopic (exact) mass is 452 g/mol. The lowest BCUT2D eigenvalue weighted by atomic mass is 10.1. The van der Waals surface area contributed by atoms with Gasteiger partial charge >= 0.3 is 0 Å². The van der Waals surface area contributed by atoms with E-state index in [1.165, 1.54) is 0 Å². The summed E-state index contributed by atoms with van der Waals surface area (Å²) in [5.74, 6) is 0.303. The second-order valence-electron chi connectivity index (χ2n) is 9.14. The molecule has 2 N–H and O–H groups in total. The standard InChI is InChI=1S/C24H32N6O3/c1-5-30-21-18(15-28-30)20(29-17-8-11-32-12-9-17)19(14-26-21)22(31)27-13-16-7-6-10-25-23(16)33-24(2,3)4/h6-7,10,14-15,17H,5,8-9,11-13H2,1-4H3,(H,26,29)(H,27,31). The molecule has 1 aliphatic heterocycles. The predicted octanol–water partition coefficient (Wildman–Crippen LogP) is 3.54. The van der Waals surface area contributed by atoms with Crippen molar-refractivity contribution in [2.75, 3.05) is 18.5 Å². The van der Waals surface area contributed by atoms with Crippen molar-refractivity contribution >= 4 is 22.6 Å². The summed E-state index contributed by atoms with van der Waals surface area (Å²) in [5.41, 5.74) is 2.44. The second kappa shape index (κ2) is 9.74. The van der Waals surface area contributed by atoms with Crippen LogP contribution in [0.5, 0.6) is 5.88 Å². The second-order valence-corrected chi connectivity index (χ2v) is 9.14. The molecular weight excluding hydrogens is 420 g/mol. The zero-order valence-corrected chi connectivity index (χ0v) is 19.7. The average molecular weight is 453 g/mol. The van der Waals surface area contributed by atoms with Crippen LogP contribution in [0.2, 0.25) is 0 Å². The Labute approximate surface area is 193 Å². The highest BCUT2D eigenvalue weighted by Gasteiger charge is 2.23. The van der Waals surface area contributed by atoms with E-state index in [0.29, 0.717) is 37.7 Å². The highest BCUT2D eigenvalue weighted by molar-refractivity contribution is 6.06. The number of pyridine rings is 2. The fourth-order valence-corrected chi connectivity index (χ4v) is 3.84. The summed E-state index contributed by atoms with van der Waals surface area (Å²) in [6.45, 7) is 10.3.